The Morgan fingerprint density at radius 3 is 2.40 bits per heavy atom. The molecule has 25 heavy (non-hydrogen) atoms. The molecule has 0 saturated carbocycles. The van der Waals surface area contributed by atoms with Crippen molar-refractivity contribution in [2.45, 2.75) is 24.3 Å². The predicted octanol–water partition coefficient (Wildman–Crippen LogP) is 2.70. The zero-order valence-electron chi connectivity index (χ0n) is 14.0. The number of hydrogen-bond donors (Lipinski definition) is 1. The van der Waals surface area contributed by atoms with Crippen LogP contribution in [0.3, 0.4) is 0 Å². The van der Waals surface area contributed by atoms with E-state index >= 15 is 0 Å². The van der Waals surface area contributed by atoms with Crippen LogP contribution in [0.2, 0.25) is 5.02 Å². The number of imide groups is 1. The summed E-state index contributed by atoms with van der Waals surface area (Å²) in [5, 5.41) is 2.37. The van der Waals surface area contributed by atoms with Crippen LogP contribution in [0.4, 0.5) is 4.79 Å². The molecule has 1 fully saturated rings. The third-order valence-corrected chi connectivity index (χ3v) is 5.93. The summed E-state index contributed by atoms with van der Waals surface area (Å²) in [7, 11) is -3.42. The van der Waals surface area contributed by atoms with Gasteiger partial charge < -0.3 is 4.90 Å². The van der Waals surface area contributed by atoms with Crippen molar-refractivity contribution < 1.29 is 18.0 Å². The van der Waals surface area contributed by atoms with Gasteiger partial charge in [-0.05, 0) is 37.1 Å². The summed E-state index contributed by atoms with van der Waals surface area (Å²) in [6.07, 6.45) is 2.80. The van der Waals surface area contributed by atoms with E-state index in [0.717, 1.165) is 6.26 Å². The molecule has 0 aliphatic carbocycles. The van der Waals surface area contributed by atoms with Crippen molar-refractivity contribution in [1.29, 1.82) is 0 Å². The molecule has 6 nitrogen and oxygen atoms in total. The number of halogens is 2. The zero-order chi connectivity index (χ0) is 19.0. The van der Waals surface area contributed by atoms with Crippen molar-refractivity contribution in [2.75, 3.05) is 18.7 Å². The van der Waals surface area contributed by atoms with E-state index in [1.807, 2.05) is 0 Å². The number of nitrogens with one attached hydrogen (secondary N) is 1. The maximum absolute atomic E-state index is 11.9. The van der Waals surface area contributed by atoms with Gasteiger partial charge in [0.2, 0.25) is 0 Å². The molecule has 1 heterocycles. The van der Waals surface area contributed by atoms with Crippen LogP contribution in [0.15, 0.2) is 29.2 Å². The Hall–Kier alpha value is -1.57. The Morgan fingerprint density at radius 1 is 1.32 bits per heavy atom. The number of urea groups is 1. The topological polar surface area (TPSA) is 83.6 Å². The molecule has 3 amide bonds. The van der Waals surface area contributed by atoms with E-state index in [2.05, 4.69) is 5.32 Å². The van der Waals surface area contributed by atoms with Gasteiger partial charge in [-0.1, -0.05) is 23.7 Å². The Bertz CT molecular complexity index is 863. The van der Waals surface area contributed by atoms with Crippen molar-refractivity contribution in [3.63, 3.8) is 0 Å². The largest absolute Gasteiger partial charge is 0.325 e. The first kappa shape index (κ1) is 19.8. The quantitative estimate of drug-likeness (QED) is 0.603. The lowest BCUT2D eigenvalue weighted by molar-refractivity contribution is -0.124. The van der Waals surface area contributed by atoms with Gasteiger partial charge in [-0.2, -0.15) is 0 Å². The monoisotopic (exact) mass is 404 g/mol. The fraction of sp³-hybridized carbons (Fsp3) is 0.375. The lowest BCUT2D eigenvalue weighted by Crippen LogP contribution is -2.44. The van der Waals surface area contributed by atoms with Gasteiger partial charge in [0.05, 0.1) is 9.92 Å². The van der Waals surface area contributed by atoms with Crippen LogP contribution < -0.4 is 5.32 Å². The number of alkyl halides is 1. The van der Waals surface area contributed by atoms with Gasteiger partial charge in [0.1, 0.15) is 5.54 Å². The summed E-state index contributed by atoms with van der Waals surface area (Å²) < 4.78 is 23.3. The minimum atomic E-state index is -3.42. The van der Waals surface area contributed by atoms with Gasteiger partial charge in [-0.3, -0.25) is 10.1 Å². The van der Waals surface area contributed by atoms with Crippen molar-refractivity contribution in [2.24, 2.45) is 0 Å². The van der Waals surface area contributed by atoms with Crippen molar-refractivity contribution in [1.82, 2.24) is 10.2 Å². The van der Waals surface area contributed by atoms with Crippen LogP contribution in [-0.4, -0.2) is 49.5 Å². The number of amides is 3. The highest BCUT2D eigenvalue weighted by molar-refractivity contribution is 7.90. The number of benzene rings is 1. The molecule has 136 valence electrons. The molecule has 0 atom stereocenters. The summed E-state index contributed by atoms with van der Waals surface area (Å²) in [5.74, 6) is -0.225. The molecule has 0 radical (unpaired) electrons. The highest BCUT2D eigenvalue weighted by atomic mass is 35.5. The Morgan fingerprint density at radius 2 is 1.96 bits per heavy atom. The Balaban J connectivity index is 2.31. The van der Waals surface area contributed by atoms with Crippen LogP contribution in [0, 0.1) is 0 Å². The first-order chi connectivity index (χ1) is 11.5. The molecule has 1 N–H and O–H groups in total. The molecule has 9 heteroatoms. The lowest BCUT2D eigenvalue weighted by atomic mass is 10.0. The molecule has 1 saturated heterocycles. The number of rotatable bonds is 5. The maximum Gasteiger partial charge on any atom is 0.325 e. The molecule has 2 rings (SSSR count). The van der Waals surface area contributed by atoms with E-state index in [4.69, 9.17) is 23.2 Å². The van der Waals surface area contributed by atoms with Gasteiger partial charge >= 0.3 is 6.03 Å². The van der Waals surface area contributed by atoms with Crippen molar-refractivity contribution in [3.05, 3.63) is 34.9 Å². The number of carbonyl (C=O) groups is 2. The highest BCUT2D eigenvalue weighted by Gasteiger charge is 2.44. The number of hydrogen-bond acceptors (Lipinski definition) is 4. The summed E-state index contributed by atoms with van der Waals surface area (Å²) in [5.41, 5.74) is 0.366. The molecule has 1 aromatic carbocycles. The molecule has 1 aliphatic heterocycles. The van der Waals surface area contributed by atoms with Crippen LogP contribution in [0.1, 0.15) is 19.4 Å². The van der Waals surface area contributed by atoms with E-state index in [1.165, 1.54) is 17.0 Å². The average Bonchev–Trinajstić information content (AvgIpc) is 2.68. The highest BCUT2D eigenvalue weighted by Crippen LogP contribution is 2.27. The summed E-state index contributed by atoms with van der Waals surface area (Å²) >= 11 is 12.1. The molecule has 1 aromatic rings. The fourth-order valence-electron chi connectivity index (χ4n) is 2.46. The predicted molar refractivity (Wildman–Crippen MR) is 97.6 cm³/mol. The second-order valence-corrected chi connectivity index (χ2v) is 8.87. The summed E-state index contributed by atoms with van der Waals surface area (Å²) in [6, 6.07) is 4.08. The van der Waals surface area contributed by atoms with E-state index in [1.54, 1.807) is 26.0 Å². The Kier molecular flexibility index (Phi) is 5.51. The van der Waals surface area contributed by atoms with Crippen LogP contribution in [-0.2, 0) is 14.6 Å². The molecule has 1 aliphatic rings. The summed E-state index contributed by atoms with van der Waals surface area (Å²) in [6.45, 7) is 3.48. The number of nitrogens with zero attached hydrogens (tertiary/aromatic N) is 1. The lowest BCUT2D eigenvalue weighted by Gasteiger charge is -2.27. The number of sulfone groups is 1. The van der Waals surface area contributed by atoms with Crippen molar-refractivity contribution >= 4 is 50.6 Å². The number of allylic oxidation sites excluding steroid dienone is 1. The van der Waals surface area contributed by atoms with Crippen LogP contribution in [0.5, 0.6) is 0 Å². The van der Waals surface area contributed by atoms with Gasteiger partial charge in [0.25, 0.3) is 5.91 Å². The first-order valence-corrected chi connectivity index (χ1v) is 10.2. The fourth-order valence-corrected chi connectivity index (χ4v) is 4.05. The second kappa shape index (κ2) is 6.97. The van der Waals surface area contributed by atoms with Gasteiger partial charge in [-0.15, -0.1) is 11.6 Å². The zero-order valence-corrected chi connectivity index (χ0v) is 16.3. The third kappa shape index (κ3) is 3.99. The standard InChI is InChI=1S/C16H18Cl2N2O4S/c1-16(2)14(21)19-15(22)20(16)7-6-11(9-17)10-4-5-13(12(18)8-10)25(3,23)24/h4-6,8H,7,9H2,1-3H3,(H,19,21,22)/b11-6+. The minimum absolute atomic E-state index is 0.0393. The molecular formula is C16H18Cl2N2O4S. The Labute approximate surface area is 156 Å². The normalized spacial score (nSPS) is 17.8. The SMILES string of the molecule is CC1(C)C(=O)NC(=O)N1C/C=C(\CCl)c1ccc(S(C)(=O)=O)c(Cl)c1. The van der Waals surface area contributed by atoms with E-state index in [0.29, 0.717) is 11.1 Å². The van der Waals surface area contributed by atoms with Crippen LogP contribution >= 0.6 is 23.2 Å². The molecule has 0 bridgehead atoms. The van der Waals surface area contributed by atoms with E-state index in [-0.39, 0.29) is 28.3 Å². The van der Waals surface area contributed by atoms with Crippen molar-refractivity contribution in [3.8, 4) is 0 Å². The average molecular weight is 405 g/mol. The third-order valence-electron chi connectivity index (χ3n) is 4.06. The summed E-state index contributed by atoms with van der Waals surface area (Å²) in [4.78, 5) is 25.1. The number of carbonyl (C=O) groups excluding carboxylic acids is 2. The molecule has 0 spiro atoms. The molecule has 0 unspecified atom stereocenters. The maximum atomic E-state index is 11.9. The second-order valence-electron chi connectivity index (χ2n) is 6.21. The minimum Gasteiger partial charge on any atom is -0.307 e. The van der Waals surface area contributed by atoms with E-state index in [9.17, 15) is 18.0 Å². The smallest absolute Gasteiger partial charge is 0.307 e. The van der Waals surface area contributed by atoms with Gasteiger partial charge in [-0.25, -0.2) is 13.2 Å². The van der Waals surface area contributed by atoms with Crippen LogP contribution in [0.25, 0.3) is 5.57 Å². The molecular weight excluding hydrogens is 387 g/mol. The van der Waals surface area contributed by atoms with Gasteiger partial charge in [0.15, 0.2) is 9.84 Å². The first-order valence-electron chi connectivity index (χ1n) is 7.36. The van der Waals surface area contributed by atoms with E-state index < -0.39 is 21.4 Å². The molecule has 0 aromatic heterocycles. The van der Waals surface area contributed by atoms with Gasteiger partial charge in [0, 0.05) is 18.7 Å².